The van der Waals surface area contributed by atoms with Gasteiger partial charge >= 0.3 is 0 Å². The molecule has 0 aliphatic heterocycles. The Morgan fingerprint density at radius 3 is 2.27 bits per heavy atom. The molecule has 0 saturated carbocycles. The molecule has 5 heteroatoms. The van der Waals surface area contributed by atoms with Crippen molar-refractivity contribution in [2.75, 3.05) is 37.1 Å². The van der Waals surface area contributed by atoms with Crippen LogP contribution in [-0.2, 0) is 11.3 Å². The molecule has 2 rings (SSSR count). The van der Waals surface area contributed by atoms with Gasteiger partial charge in [-0.25, -0.2) is 4.39 Å². The first kappa shape index (κ1) is 17.8. The molecule has 0 amide bonds. The maximum absolute atomic E-state index is 12.7. The van der Waals surface area contributed by atoms with Crippen LogP contribution in [0, 0.1) is 5.82 Å². The van der Waals surface area contributed by atoms with Gasteiger partial charge in [0, 0.05) is 33.0 Å². The van der Waals surface area contributed by atoms with Crippen molar-refractivity contribution < 1.29 is 9.13 Å². The maximum atomic E-state index is 12.7. The first-order valence-corrected chi connectivity index (χ1v) is 7.15. The number of methoxy groups -OCH3 is 1. The summed E-state index contributed by atoms with van der Waals surface area (Å²) < 4.78 is 17.3. The second kappa shape index (κ2) is 9.63. The molecule has 0 bridgehead atoms. The Kier molecular flexibility index (Phi) is 7.78. The summed E-state index contributed by atoms with van der Waals surface area (Å²) in [7, 11) is 3.51. The summed E-state index contributed by atoms with van der Waals surface area (Å²) in [5.74, 6) is -0.221. The number of anilines is 3. The fourth-order valence-corrected chi connectivity index (χ4v) is 1.71. The van der Waals surface area contributed by atoms with E-state index in [-0.39, 0.29) is 5.82 Å². The SMILES string of the molecule is CCOC.CNc1ccc(NCc2ccc(F)cc2)cc1N. The molecule has 22 heavy (non-hydrogen) atoms. The third kappa shape index (κ3) is 6.01. The molecule has 0 radical (unpaired) electrons. The number of rotatable bonds is 5. The highest BCUT2D eigenvalue weighted by molar-refractivity contribution is 5.71. The van der Waals surface area contributed by atoms with Gasteiger partial charge in [-0.15, -0.1) is 0 Å². The van der Waals surface area contributed by atoms with Gasteiger partial charge in [0.2, 0.25) is 0 Å². The van der Waals surface area contributed by atoms with Crippen LogP contribution >= 0.6 is 0 Å². The van der Waals surface area contributed by atoms with Crippen LogP contribution in [0.3, 0.4) is 0 Å². The van der Waals surface area contributed by atoms with E-state index in [0.29, 0.717) is 12.2 Å². The van der Waals surface area contributed by atoms with Crippen LogP contribution in [0.5, 0.6) is 0 Å². The number of benzene rings is 2. The van der Waals surface area contributed by atoms with Gasteiger partial charge < -0.3 is 21.1 Å². The largest absolute Gasteiger partial charge is 0.397 e. The summed E-state index contributed by atoms with van der Waals surface area (Å²) in [6.45, 7) is 3.42. The summed E-state index contributed by atoms with van der Waals surface area (Å²) >= 11 is 0. The molecule has 2 aromatic rings. The average molecular weight is 305 g/mol. The lowest BCUT2D eigenvalue weighted by molar-refractivity contribution is 0.215. The fraction of sp³-hybridized carbons (Fsp3) is 0.294. The molecule has 0 aliphatic rings. The number of nitrogens with one attached hydrogen (secondary N) is 2. The number of hydrogen-bond donors (Lipinski definition) is 3. The van der Waals surface area contributed by atoms with Gasteiger partial charge in [-0.2, -0.15) is 0 Å². The highest BCUT2D eigenvalue weighted by atomic mass is 19.1. The predicted molar refractivity (Wildman–Crippen MR) is 91.7 cm³/mol. The molecule has 4 nitrogen and oxygen atoms in total. The molecule has 4 N–H and O–H groups in total. The summed E-state index contributed by atoms with van der Waals surface area (Å²) in [6, 6.07) is 12.2. The Morgan fingerprint density at radius 1 is 1.14 bits per heavy atom. The highest BCUT2D eigenvalue weighted by Gasteiger charge is 1.99. The first-order valence-electron chi connectivity index (χ1n) is 7.15. The van der Waals surface area contributed by atoms with E-state index in [1.54, 1.807) is 19.2 Å². The fourth-order valence-electron chi connectivity index (χ4n) is 1.71. The van der Waals surface area contributed by atoms with Gasteiger partial charge in [0.15, 0.2) is 0 Å². The summed E-state index contributed by atoms with van der Waals surface area (Å²) in [5.41, 5.74) is 9.43. The Morgan fingerprint density at radius 2 is 1.77 bits per heavy atom. The normalized spacial score (nSPS) is 9.64. The minimum absolute atomic E-state index is 0.221. The van der Waals surface area contributed by atoms with Gasteiger partial charge in [-0.05, 0) is 42.8 Å². The zero-order valence-electron chi connectivity index (χ0n) is 13.3. The lowest BCUT2D eigenvalue weighted by Crippen LogP contribution is -2.01. The molecular formula is C17H24FN3O. The van der Waals surface area contributed by atoms with Crippen molar-refractivity contribution in [2.24, 2.45) is 0 Å². The molecule has 0 saturated heterocycles. The molecular weight excluding hydrogens is 281 g/mol. The number of nitrogens with two attached hydrogens (primary N) is 1. The quantitative estimate of drug-likeness (QED) is 0.737. The van der Waals surface area contributed by atoms with Gasteiger partial charge in [0.05, 0.1) is 11.4 Å². The van der Waals surface area contributed by atoms with Crippen molar-refractivity contribution in [2.45, 2.75) is 13.5 Å². The molecule has 120 valence electrons. The molecule has 0 aromatic heterocycles. The van der Waals surface area contributed by atoms with Crippen molar-refractivity contribution in [1.82, 2.24) is 0 Å². The molecule has 0 fully saturated rings. The van der Waals surface area contributed by atoms with E-state index in [1.165, 1.54) is 12.1 Å². The first-order chi connectivity index (χ1) is 10.6. The second-order valence-electron chi connectivity index (χ2n) is 4.61. The van der Waals surface area contributed by atoms with E-state index in [9.17, 15) is 4.39 Å². The number of nitrogen functional groups attached to an aromatic ring is 1. The molecule has 0 aliphatic carbocycles. The predicted octanol–water partition coefficient (Wildman–Crippen LogP) is 3.71. The average Bonchev–Trinajstić information content (AvgIpc) is 2.54. The van der Waals surface area contributed by atoms with Crippen LogP contribution in [0.4, 0.5) is 21.5 Å². The third-order valence-electron chi connectivity index (χ3n) is 3.02. The van der Waals surface area contributed by atoms with Crippen molar-refractivity contribution in [1.29, 1.82) is 0 Å². The minimum atomic E-state index is -0.221. The number of halogens is 1. The standard InChI is InChI=1S/C14H16FN3.C3H8O/c1-17-14-7-6-12(8-13(14)16)18-9-10-2-4-11(15)5-3-10;1-3-4-2/h2-8,17-18H,9,16H2,1H3;3H2,1-2H3. The van der Waals surface area contributed by atoms with E-state index in [0.717, 1.165) is 23.5 Å². The van der Waals surface area contributed by atoms with Crippen molar-refractivity contribution in [3.05, 3.63) is 53.8 Å². The maximum Gasteiger partial charge on any atom is 0.123 e. The molecule has 0 heterocycles. The van der Waals surface area contributed by atoms with Gasteiger partial charge in [-0.3, -0.25) is 0 Å². The summed E-state index contributed by atoms with van der Waals surface area (Å²) in [6.07, 6.45) is 0. The van der Waals surface area contributed by atoms with Crippen LogP contribution in [0.2, 0.25) is 0 Å². The molecule has 0 atom stereocenters. The molecule has 0 unspecified atom stereocenters. The van der Waals surface area contributed by atoms with Crippen molar-refractivity contribution in [3.63, 3.8) is 0 Å². The van der Waals surface area contributed by atoms with E-state index in [1.807, 2.05) is 32.2 Å². The van der Waals surface area contributed by atoms with Crippen molar-refractivity contribution >= 4 is 17.1 Å². The minimum Gasteiger partial charge on any atom is -0.397 e. The Hall–Kier alpha value is -2.27. The molecule has 2 aromatic carbocycles. The topological polar surface area (TPSA) is 59.3 Å². The van der Waals surface area contributed by atoms with E-state index < -0.39 is 0 Å². The molecule has 0 spiro atoms. The van der Waals surface area contributed by atoms with Crippen LogP contribution < -0.4 is 16.4 Å². The highest BCUT2D eigenvalue weighted by Crippen LogP contribution is 2.22. The Bertz CT molecular complexity index is 556. The van der Waals surface area contributed by atoms with Crippen molar-refractivity contribution in [3.8, 4) is 0 Å². The van der Waals surface area contributed by atoms with Gasteiger partial charge in [0.25, 0.3) is 0 Å². The lowest BCUT2D eigenvalue weighted by atomic mass is 10.2. The van der Waals surface area contributed by atoms with Crippen LogP contribution in [0.15, 0.2) is 42.5 Å². The van der Waals surface area contributed by atoms with Gasteiger partial charge in [-0.1, -0.05) is 12.1 Å². The third-order valence-corrected chi connectivity index (χ3v) is 3.02. The summed E-state index contributed by atoms with van der Waals surface area (Å²) in [5, 5.41) is 6.25. The Labute approximate surface area is 131 Å². The van der Waals surface area contributed by atoms with Gasteiger partial charge in [0.1, 0.15) is 5.82 Å². The monoisotopic (exact) mass is 305 g/mol. The van der Waals surface area contributed by atoms with Crippen LogP contribution in [0.1, 0.15) is 12.5 Å². The zero-order chi connectivity index (χ0) is 16.4. The second-order valence-corrected chi connectivity index (χ2v) is 4.61. The van der Waals surface area contributed by atoms with Crippen LogP contribution in [-0.4, -0.2) is 20.8 Å². The smallest absolute Gasteiger partial charge is 0.123 e. The number of hydrogen-bond acceptors (Lipinski definition) is 4. The van der Waals surface area contributed by atoms with E-state index in [2.05, 4.69) is 15.4 Å². The van der Waals surface area contributed by atoms with Crippen LogP contribution in [0.25, 0.3) is 0 Å². The Balaban J connectivity index is 0.000000541. The number of ether oxygens (including phenoxy) is 1. The van der Waals surface area contributed by atoms with E-state index in [4.69, 9.17) is 5.73 Å². The van der Waals surface area contributed by atoms with E-state index >= 15 is 0 Å². The lowest BCUT2D eigenvalue weighted by Gasteiger charge is -2.10. The zero-order valence-corrected chi connectivity index (χ0v) is 13.3. The summed E-state index contributed by atoms with van der Waals surface area (Å²) in [4.78, 5) is 0.